The Morgan fingerprint density at radius 2 is 1.77 bits per heavy atom. The Balaban J connectivity index is 1.18. The van der Waals surface area contributed by atoms with Gasteiger partial charge in [-0.25, -0.2) is 4.79 Å². The van der Waals surface area contributed by atoms with Gasteiger partial charge in [-0.05, 0) is 74.4 Å². The van der Waals surface area contributed by atoms with Gasteiger partial charge in [-0.15, -0.1) is 0 Å². The lowest BCUT2D eigenvalue weighted by molar-refractivity contribution is 0.0919. The van der Waals surface area contributed by atoms with Gasteiger partial charge in [0, 0.05) is 30.5 Å². The van der Waals surface area contributed by atoms with Crippen molar-refractivity contribution in [3.63, 3.8) is 0 Å². The van der Waals surface area contributed by atoms with Crippen LogP contribution in [0, 0.1) is 12.8 Å². The predicted molar refractivity (Wildman–Crippen MR) is 152 cm³/mol. The van der Waals surface area contributed by atoms with Crippen LogP contribution in [0.4, 0.5) is 0 Å². The fourth-order valence-corrected chi connectivity index (χ4v) is 5.75. The normalized spacial score (nSPS) is 17.4. The second kappa shape index (κ2) is 10.5. The van der Waals surface area contributed by atoms with Crippen molar-refractivity contribution < 1.29 is 4.79 Å². The first kappa shape index (κ1) is 25.1. The maximum absolute atomic E-state index is 13.7. The van der Waals surface area contributed by atoms with E-state index in [-0.39, 0.29) is 17.6 Å². The third kappa shape index (κ3) is 5.00. The van der Waals surface area contributed by atoms with E-state index >= 15 is 0 Å². The van der Waals surface area contributed by atoms with Crippen molar-refractivity contribution >= 4 is 28.5 Å². The molecule has 2 N–H and O–H groups in total. The molecule has 0 saturated heterocycles. The molecule has 9 heteroatoms. The number of para-hydroxylation sites is 2. The quantitative estimate of drug-likeness (QED) is 0.296. The zero-order valence-electron chi connectivity index (χ0n) is 21.6. The number of hydrogen-bond acceptors (Lipinski definition) is 4. The summed E-state index contributed by atoms with van der Waals surface area (Å²) >= 11 is 6.05. The molecule has 0 radical (unpaired) electrons. The van der Waals surface area contributed by atoms with Gasteiger partial charge >= 0.3 is 5.69 Å². The zero-order chi connectivity index (χ0) is 26.9. The number of fused-ring (bicyclic) bond motifs is 1. The number of carbonyl (C=O) groups is 1. The first-order valence-corrected chi connectivity index (χ1v) is 13.6. The van der Waals surface area contributed by atoms with Gasteiger partial charge in [-0.3, -0.25) is 24.0 Å². The Labute approximate surface area is 230 Å². The lowest BCUT2D eigenvalue weighted by Gasteiger charge is -2.29. The molecule has 0 spiro atoms. The first-order chi connectivity index (χ1) is 19.0. The average Bonchev–Trinajstić information content (AvgIpc) is 3.58. The van der Waals surface area contributed by atoms with Crippen LogP contribution in [0.25, 0.3) is 27.8 Å². The number of nitrogens with one attached hydrogen (secondary N) is 2. The number of rotatable bonds is 6. The molecule has 1 fully saturated rings. The molecule has 8 nitrogen and oxygen atoms in total. The summed E-state index contributed by atoms with van der Waals surface area (Å²) in [5, 5.41) is 10.5. The van der Waals surface area contributed by atoms with Crippen LogP contribution in [-0.4, -0.2) is 36.3 Å². The van der Waals surface area contributed by atoms with Gasteiger partial charge < -0.3 is 5.32 Å². The van der Waals surface area contributed by atoms with Crippen molar-refractivity contribution in [1.82, 2.24) is 29.6 Å². The molecule has 0 unspecified atom stereocenters. The van der Waals surface area contributed by atoms with Gasteiger partial charge in [0.05, 0.1) is 39.2 Å². The molecule has 1 saturated carbocycles. The van der Waals surface area contributed by atoms with Gasteiger partial charge in [0.2, 0.25) is 0 Å². The molecule has 198 valence electrons. The van der Waals surface area contributed by atoms with E-state index in [0.717, 1.165) is 53.5 Å². The third-order valence-electron chi connectivity index (χ3n) is 7.71. The van der Waals surface area contributed by atoms with Crippen molar-refractivity contribution in [2.45, 2.75) is 45.2 Å². The average molecular weight is 541 g/mol. The van der Waals surface area contributed by atoms with Gasteiger partial charge in [0.25, 0.3) is 5.91 Å². The number of amides is 1. The van der Waals surface area contributed by atoms with Crippen molar-refractivity contribution in [3.05, 3.63) is 100.0 Å². The molecule has 0 bridgehead atoms. The van der Waals surface area contributed by atoms with E-state index in [1.165, 1.54) is 0 Å². The molecule has 1 amide bonds. The number of pyridine rings is 1. The van der Waals surface area contributed by atoms with E-state index in [2.05, 4.69) is 20.5 Å². The molecule has 6 rings (SSSR count). The number of hydrogen-bond donors (Lipinski definition) is 2. The van der Waals surface area contributed by atoms with Gasteiger partial charge in [-0.2, -0.15) is 5.10 Å². The molecule has 0 aliphatic heterocycles. The standard InChI is InChI=1S/C30H29ClN6O2/c1-19-26(14-23(31)17-32-19)29(38)35-24-10-6-20(7-11-24)18-36-27-4-2-3-5-28(27)37(30(36)39)25-12-8-21(9-13-25)22-15-33-34-16-22/h2-5,8-9,12-17,20,24H,6-7,10-11,18H2,1H3,(H,33,34)(H,35,38)/t20-,24-. The fraction of sp³-hybridized carbons (Fsp3) is 0.267. The molecule has 1 aliphatic carbocycles. The molecule has 0 atom stereocenters. The number of aromatic nitrogens is 5. The minimum atomic E-state index is -0.135. The van der Waals surface area contributed by atoms with Crippen LogP contribution in [0.15, 0.2) is 78.0 Å². The van der Waals surface area contributed by atoms with E-state index in [1.54, 1.807) is 23.0 Å². The summed E-state index contributed by atoms with van der Waals surface area (Å²) in [4.78, 5) is 30.7. The van der Waals surface area contributed by atoms with E-state index in [1.807, 2.05) is 66.2 Å². The van der Waals surface area contributed by atoms with Crippen LogP contribution in [0.1, 0.15) is 41.7 Å². The van der Waals surface area contributed by atoms with Gasteiger partial charge in [0.15, 0.2) is 0 Å². The number of H-pyrrole nitrogens is 1. The summed E-state index contributed by atoms with van der Waals surface area (Å²) in [5.74, 6) is 0.220. The number of aromatic amines is 1. The molecule has 5 aromatic rings. The largest absolute Gasteiger partial charge is 0.349 e. The van der Waals surface area contributed by atoms with E-state index < -0.39 is 0 Å². The van der Waals surface area contributed by atoms with Crippen LogP contribution in [0.5, 0.6) is 0 Å². The van der Waals surface area contributed by atoms with Crippen molar-refractivity contribution in [2.24, 2.45) is 5.92 Å². The second-order valence-corrected chi connectivity index (χ2v) is 10.7. The summed E-state index contributed by atoms with van der Waals surface area (Å²) in [7, 11) is 0. The van der Waals surface area contributed by atoms with E-state index in [0.29, 0.717) is 28.7 Å². The first-order valence-electron chi connectivity index (χ1n) is 13.2. The number of imidazole rings is 1. The fourth-order valence-electron chi connectivity index (χ4n) is 5.59. The monoisotopic (exact) mass is 540 g/mol. The van der Waals surface area contributed by atoms with Crippen LogP contribution in [0.2, 0.25) is 5.02 Å². The number of benzene rings is 2. The Bertz CT molecular complexity index is 1680. The summed E-state index contributed by atoms with van der Waals surface area (Å²) in [6.07, 6.45) is 8.78. The SMILES string of the molecule is Cc1ncc(Cl)cc1C(=O)N[C@H]1CC[C@H](Cn2c(=O)n(-c3ccc(-c4cn[nH]c4)cc3)c3ccccc32)CC1. The van der Waals surface area contributed by atoms with Crippen molar-refractivity contribution in [2.75, 3.05) is 0 Å². The highest BCUT2D eigenvalue weighted by Gasteiger charge is 2.25. The van der Waals surface area contributed by atoms with Crippen molar-refractivity contribution in [3.8, 4) is 16.8 Å². The molecule has 1 aliphatic rings. The van der Waals surface area contributed by atoms with Gasteiger partial charge in [0.1, 0.15) is 0 Å². The summed E-state index contributed by atoms with van der Waals surface area (Å²) < 4.78 is 3.70. The van der Waals surface area contributed by atoms with E-state index in [4.69, 9.17) is 11.6 Å². The number of carbonyl (C=O) groups excluding carboxylic acids is 1. The molecule has 3 heterocycles. The second-order valence-electron chi connectivity index (χ2n) is 10.2. The Morgan fingerprint density at radius 3 is 2.49 bits per heavy atom. The number of halogens is 1. The highest BCUT2D eigenvalue weighted by atomic mass is 35.5. The third-order valence-corrected chi connectivity index (χ3v) is 7.92. The lowest BCUT2D eigenvalue weighted by Crippen LogP contribution is -2.39. The lowest BCUT2D eigenvalue weighted by atomic mass is 9.85. The number of aryl methyl sites for hydroxylation is 1. The minimum Gasteiger partial charge on any atom is -0.349 e. The molecular weight excluding hydrogens is 512 g/mol. The maximum atomic E-state index is 13.7. The molecular formula is C30H29ClN6O2. The molecule has 3 aromatic heterocycles. The highest BCUT2D eigenvalue weighted by Crippen LogP contribution is 2.28. The van der Waals surface area contributed by atoms with Crippen molar-refractivity contribution in [1.29, 1.82) is 0 Å². The Hall–Kier alpha value is -4.17. The Morgan fingerprint density at radius 1 is 1.03 bits per heavy atom. The molecule has 2 aromatic carbocycles. The Kier molecular flexibility index (Phi) is 6.79. The van der Waals surface area contributed by atoms with Crippen LogP contribution in [-0.2, 0) is 6.54 Å². The smallest absolute Gasteiger partial charge is 0.333 e. The van der Waals surface area contributed by atoms with E-state index in [9.17, 15) is 9.59 Å². The summed E-state index contributed by atoms with van der Waals surface area (Å²) in [6.45, 7) is 2.46. The molecule has 39 heavy (non-hydrogen) atoms. The van der Waals surface area contributed by atoms with Crippen LogP contribution >= 0.6 is 11.6 Å². The summed E-state index contributed by atoms with van der Waals surface area (Å²) in [6, 6.07) is 17.7. The highest BCUT2D eigenvalue weighted by molar-refractivity contribution is 6.30. The van der Waals surface area contributed by atoms with Crippen LogP contribution < -0.4 is 11.0 Å². The summed E-state index contributed by atoms with van der Waals surface area (Å²) in [5.41, 5.74) is 5.84. The maximum Gasteiger partial charge on any atom is 0.333 e. The predicted octanol–water partition coefficient (Wildman–Crippen LogP) is 5.53. The zero-order valence-corrected chi connectivity index (χ0v) is 22.4. The number of nitrogens with zero attached hydrogens (tertiary/aromatic N) is 4. The van der Waals surface area contributed by atoms with Gasteiger partial charge in [-0.1, -0.05) is 35.9 Å². The topological polar surface area (TPSA) is 97.6 Å². The van der Waals surface area contributed by atoms with Crippen LogP contribution in [0.3, 0.4) is 0 Å². The minimum absolute atomic E-state index is 0.0355.